The summed E-state index contributed by atoms with van der Waals surface area (Å²) in [5.74, 6) is -0.512. The SMILES string of the molecule is C=C1C(=O)O[C@H]2C[C@](C)(O)CCC[C@](C)(OO)C/C=C/[C@@]3(C)O[C@H]3C[C@@H]12. The van der Waals surface area contributed by atoms with Crippen LogP contribution in [0.5, 0.6) is 0 Å². The number of carbonyl (C=O) groups is 1. The number of carbonyl (C=O) groups excluding carboxylic acids is 1. The molecule has 0 bridgehead atoms. The van der Waals surface area contributed by atoms with Crippen molar-refractivity contribution in [3.63, 3.8) is 0 Å². The lowest BCUT2D eigenvalue weighted by molar-refractivity contribution is -0.319. The van der Waals surface area contributed by atoms with E-state index in [9.17, 15) is 15.2 Å². The van der Waals surface area contributed by atoms with Gasteiger partial charge < -0.3 is 14.6 Å². The molecule has 146 valence electrons. The monoisotopic (exact) mass is 366 g/mol. The van der Waals surface area contributed by atoms with E-state index in [2.05, 4.69) is 6.58 Å². The van der Waals surface area contributed by atoms with Gasteiger partial charge >= 0.3 is 5.97 Å². The van der Waals surface area contributed by atoms with Crippen LogP contribution in [0.4, 0.5) is 0 Å². The second kappa shape index (κ2) is 6.75. The van der Waals surface area contributed by atoms with Gasteiger partial charge in [0.25, 0.3) is 0 Å². The van der Waals surface area contributed by atoms with Crippen molar-refractivity contribution in [3.05, 3.63) is 24.3 Å². The smallest absolute Gasteiger partial charge is 0.334 e. The molecule has 0 unspecified atom stereocenters. The molecular weight excluding hydrogens is 336 g/mol. The van der Waals surface area contributed by atoms with Crippen molar-refractivity contribution in [2.75, 3.05) is 0 Å². The van der Waals surface area contributed by atoms with E-state index in [-0.39, 0.29) is 29.7 Å². The topological polar surface area (TPSA) is 88.5 Å². The molecule has 2 aliphatic heterocycles. The van der Waals surface area contributed by atoms with Crippen LogP contribution >= 0.6 is 0 Å². The predicted octanol–water partition coefficient (Wildman–Crippen LogP) is 3.15. The summed E-state index contributed by atoms with van der Waals surface area (Å²) in [6, 6.07) is 0. The number of hydrogen-bond donors (Lipinski definition) is 2. The first-order valence-electron chi connectivity index (χ1n) is 9.38. The summed E-state index contributed by atoms with van der Waals surface area (Å²) in [5.41, 5.74) is -1.59. The summed E-state index contributed by atoms with van der Waals surface area (Å²) in [6.45, 7) is 9.52. The van der Waals surface area contributed by atoms with Crippen molar-refractivity contribution < 1.29 is 29.5 Å². The van der Waals surface area contributed by atoms with E-state index < -0.39 is 11.2 Å². The van der Waals surface area contributed by atoms with Crippen LogP contribution in [0.25, 0.3) is 0 Å². The van der Waals surface area contributed by atoms with Gasteiger partial charge in [-0.15, -0.1) is 0 Å². The van der Waals surface area contributed by atoms with Crippen molar-refractivity contribution in [2.45, 2.75) is 88.3 Å². The van der Waals surface area contributed by atoms with E-state index in [0.29, 0.717) is 44.1 Å². The number of aliphatic hydroxyl groups is 1. The first-order valence-corrected chi connectivity index (χ1v) is 9.38. The molecule has 0 aromatic carbocycles. The van der Waals surface area contributed by atoms with Gasteiger partial charge in [0, 0.05) is 17.9 Å². The minimum Gasteiger partial charge on any atom is -0.458 e. The van der Waals surface area contributed by atoms with Crippen molar-refractivity contribution in [1.29, 1.82) is 0 Å². The van der Waals surface area contributed by atoms with Gasteiger partial charge in [-0.1, -0.05) is 18.7 Å². The molecule has 6 nitrogen and oxygen atoms in total. The molecule has 0 aromatic rings. The molecule has 3 aliphatic rings. The second-order valence-corrected chi connectivity index (χ2v) is 8.80. The van der Waals surface area contributed by atoms with Crippen molar-refractivity contribution in [2.24, 2.45) is 5.92 Å². The van der Waals surface area contributed by atoms with Gasteiger partial charge in [-0.25, -0.2) is 9.68 Å². The number of hydrogen-bond acceptors (Lipinski definition) is 6. The van der Waals surface area contributed by atoms with Gasteiger partial charge in [-0.2, -0.15) is 0 Å². The molecule has 6 atom stereocenters. The fraction of sp³-hybridized carbons (Fsp3) is 0.750. The molecular formula is C20H30O6. The molecule has 0 spiro atoms. The Labute approximate surface area is 154 Å². The molecule has 2 fully saturated rings. The van der Waals surface area contributed by atoms with Crippen LogP contribution in [-0.2, 0) is 19.2 Å². The fourth-order valence-corrected chi connectivity index (χ4v) is 4.19. The lowest BCUT2D eigenvalue weighted by Gasteiger charge is -2.30. The summed E-state index contributed by atoms with van der Waals surface area (Å²) >= 11 is 0. The van der Waals surface area contributed by atoms with Crippen molar-refractivity contribution in [3.8, 4) is 0 Å². The maximum atomic E-state index is 12.0. The number of ether oxygens (including phenoxy) is 2. The zero-order valence-corrected chi connectivity index (χ0v) is 15.9. The highest BCUT2D eigenvalue weighted by Crippen LogP contribution is 2.46. The average Bonchev–Trinajstić information content (AvgIpc) is 3.11. The van der Waals surface area contributed by atoms with Crippen molar-refractivity contribution >= 4 is 5.97 Å². The van der Waals surface area contributed by atoms with Crippen LogP contribution in [0.15, 0.2) is 24.3 Å². The lowest BCUT2D eigenvalue weighted by atomic mass is 9.81. The second-order valence-electron chi connectivity index (χ2n) is 8.80. The van der Waals surface area contributed by atoms with Gasteiger partial charge in [-0.05, 0) is 52.9 Å². The number of fused-ring (bicyclic) bond motifs is 2. The largest absolute Gasteiger partial charge is 0.458 e. The molecule has 1 aliphatic carbocycles. The molecule has 0 saturated carbocycles. The van der Waals surface area contributed by atoms with E-state index in [1.54, 1.807) is 6.92 Å². The van der Waals surface area contributed by atoms with E-state index in [4.69, 9.17) is 14.4 Å². The molecule has 2 saturated heterocycles. The van der Waals surface area contributed by atoms with Crippen molar-refractivity contribution in [1.82, 2.24) is 0 Å². The van der Waals surface area contributed by atoms with Gasteiger partial charge in [0.05, 0.1) is 11.7 Å². The van der Waals surface area contributed by atoms with E-state index in [1.807, 2.05) is 26.0 Å². The van der Waals surface area contributed by atoms with Gasteiger partial charge in [0.2, 0.25) is 0 Å². The highest BCUT2D eigenvalue weighted by Gasteiger charge is 2.54. The fourth-order valence-electron chi connectivity index (χ4n) is 4.19. The molecule has 2 N–H and O–H groups in total. The zero-order chi connectivity index (χ0) is 19.2. The van der Waals surface area contributed by atoms with Crippen LogP contribution in [0.3, 0.4) is 0 Å². The minimum absolute atomic E-state index is 0.0216. The normalized spacial score (nSPS) is 48.1. The number of esters is 1. The minimum atomic E-state index is -0.974. The van der Waals surface area contributed by atoms with Gasteiger partial charge in [0.15, 0.2) is 0 Å². The van der Waals surface area contributed by atoms with E-state index >= 15 is 0 Å². The van der Waals surface area contributed by atoms with Crippen LogP contribution in [0.1, 0.15) is 59.3 Å². The quantitative estimate of drug-likeness (QED) is 0.185. The maximum absolute atomic E-state index is 12.0. The number of rotatable bonds is 1. The standard InChI is InChI=1S/C20H30O6/c1-13-14-11-16-20(4,25-16)10-6-9-19(3,26-23)8-5-7-18(2,22)12-15(14)24-17(13)21/h6,10,14-16,22-23H,1,5,7-9,11-12H2,2-4H3/b10-6+/t14-,15-,16-,18+,19-,20+/m0/s1. The summed E-state index contributed by atoms with van der Waals surface area (Å²) < 4.78 is 11.4. The molecule has 3 rings (SSSR count). The van der Waals surface area contributed by atoms with E-state index in [1.165, 1.54) is 0 Å². The Balaban J connectivity index is 1.82. The Morgan fingerprint density at radius 1 is 1.31 bits per heavy atom. The Hall–Kier alpha value is -1.21. The molecule has 0 amide bonds. The zero-order valence-electron chi connectivity index (χ0n) is 15.9. The van der Waals surface area contributed by atoms with Crippen LogP contribution in [-0.4, -0.2) is 45.3 Å². The molecule has 0 aromatic heterocycles. The Morgan fingerprint density at radius 3 is 2.73 bits per heavy atom. The highest BCUT2D eigenvalue weighted by molar-refractivity contribution is 5.90. The van der Waals surface area contributed by atoms with E-state index in [0.717, 1.165) is 0 Å². The molecule has 26 heavy (non-hydrogen) atoms. The van der Waals surface area contributed by atoms with Gasteiger partial charge in [0.1, 0.15) is 17.3 Å². The Bertz CT molecular complexity index is 611. The summed E-state index contributed by atoms with van der Waals surface area (Å²) in [6.07, 6.45) is 6.94. The lowest BCUT2D eigenvalue weighted by Crippen LogP contribution is -2.35. The average molecular weight is 366 g/mol. The molecule has 2 heterocycles. The molecule has 6 heteroatoms. The summed E-state index contributed by atoms with van der Waals surface area (Å²) in [4.78, 5) is 16.7. The first kappa shape index (κ1) is 19.5. The summed E-state index contributed by atoms with van der Waals surface area (Å²) in [7, 11) is 0. The van der Waals surface area contributed by atoms with Crippen LogP contribution in [0, 0.1) is 5.92 Å². The van der Waals surface area contributed by atoms with Crippen LogP contribution < -0.4 is 0 Å². The van der Waals surface area contributed by atoms with Gasteiger partial charge in [-0.3, -0.25) is 5.26 Å². The third kappa shape index (κ3) is 4.03. The summed E-state index contributed by atoms with van der Waals surface area (Å²) in [5, 5.41) is 20.1. The third-order valence-corrected chi connectivity index (χ3v) is 6.14. The first-order chi connectivity index (χ1) is 12.1. The van der Waals surface area contributed by atoms with Crippen LogP contribution in [0.2, 0.25) is 0 Å². The number of epoxide rings is 1. The highest BCUT2D eigenvalue weighted by atomic mass is 17.1. The molecule has 0 radical (unpaired) electrons. The third-order valence-electron chi connectivity index (χ3n) is 6.14. The Kier molecular flexibility index (Phi) is 5.07. The Morgan fingerprint density at radius 2 is 2.04 bits per heavy atom. The predicted molar refractivity (Wildman–Crippen MR) is 95.4 cm³/mol. The maximum Gasteiger partial charge on any atom is 0.334 e.